The highest BCUT2D eigenvalue weighted by Gasteiger charge is 2.20. The average Bonchev–Trinajstić information content (AvgIpc) is 2.71. The lowest BCUT2D eigenvalue weighted by molar-refractivity contribution is 0.102. The summed E-state index contributed by atoms with van der Waals surface area (Å²) in [6.07, 6.45) is 1.20. The van der Waals surface area contributed by atoms with Crippen LogP contribution in [0.25, 0.3) is 0 Å². The van der Waals surface area contributed by atoms with Gasteiger partial charge >= 0.3 is 0 Å². The summed E-state index contributed by atoms with van der Waals surface area (Å²) in [5.74, 6) is -0.258. The normalized spacial score (nSPS) is 11.3. The third-order valence-electron chi connectivity index (χ3n) is 5.09. The summed E-state index contributed by atoms with van der Waals surface area (Å²) in [6, 6.07) is 18.0. The molecule has 3 rings (SSSR count). The highest BCUT2D eigenvalue weighted by Crippen LogP contribution is 2.26. The molecule has 0 atom stereocenters. The maximum atomic E-state index is 12.6. The number of carbonyl (C=O) groups excluding carboxylic acids is 1. The van der Waals surface area contributed by atoms with E-state index in [0.717, 1.165) is 22.3 Å². The zero-order valence-corrected chi connectivity index (χ0v) is 19.5. The fraction of sp³-hybridized carbons (Fsp3) is 0.208. The molecule has 162 valence electrons. The van der Waals surface area contributed by atoms with Crippen LogP contribution in [0.15, 0.2) is 60.7 Å². The predicted molar refractivity (Wildman–Crippen MR) is 128 cm³/mol. The number of nitrogens with one attached hydrogen (secondary N) is 1. The second kappa shape index (κ2) is 9.12. The summed E-state index contributed by atoms with van der Waals surface area (Å²) in [4.78, 5) is 12.6. The van der Waals surface area contributed by atoms with E-state index in [4.69, 9.17) is 11.6 Å². The van der Waals surface area contributed by atoms with Crippen LogP contribution in [0.5, 0.6) is 0 Å². The monoisotopic (exact) mass is 456 g/mol. The van der Waals surface area contributed by atoms with Crippen molar-refractivity contribution in [2.45, 2.75) is 27.3 Å². The predicted octanol–water partition coefficient (Wildman–Crippen LogP) is 5.48. The number of hydrogen-bond acceptors (Lipinski definition) is 3. The summed E-state index contributed by atoms with van der Waals surface area (Å²) >= 11 is 6.12. The van der Waals surface area contributed by atoms with Crippen molar-refractivity contribution in [3.05, 3.63) is 93.5 Å². The Labute approximate surface area is 188 Å². The maximum absolute atomic E-state index is 12.6. The highest BCUT2D eigenvalue weighted by molar-refractivity contribution is 7.92. The van der Waals surface area contributed by atoms with E-state index in [1.165, 1.54) is 10.6 Å². The summed E-state index contributed by atoms with van der Waals surface area (Å²) in [5, 5.41) is 3.45. The molecule has 0 radical (unpaired) electrons. The van der Waals surface area contributed by atoms with Crippen molar-refractivity contribution in [2.24, 2.45) is 0 Å². The number of carbonyl (C=O) groups is 1. The lowest BCUT2D eigenvalue weighted by Crippen LogP contribution is -2.30. The minimum Gasteiger partial charge on any atom is -0.322 e. The van der Waals surface area contributed by atoms with E-state index < -0.39 is 10.0 Å². The van der Waals surface area contributed by atoms with Gasteiger partial charge in [-0.25, -0.2) is 8.42 Å². The Bertz CT molecular complexity index is 1220. The second-order valence-corrected chi connectivity index (χ2v) is 9.94. The molecule has 31 heavy (non-hydrogen) atoms. The van der Waals surface area contributed by atoms with Crippen LogP contribution >= 0.6 is 11.6 Å². The molecule has 7 heteroatoms. The first-order valence-corrected chi connectivity index (χ1v) is 12.0. The molecule has 0 saturated heterocycles. The van der Waals surface area contributed by atoms with Crippen LogP contribution in [0.4, 0.5) is 11.4 Å². The molecule has 3 aromatic carbocycles. The van der Waals surface area contributed by atoms with Crippen LogP contribution in [0, 0.1) is 20.8 Å². The highest BCUT2D eigenvalue weighted by atomic mass is 35.5. The SMILES string of the molecule is Cc1ccc(C)c(N(Cc2ccc(C(=O)Nc3cccc(Cl)c3C)cc2)S(C)(=O)=O)c1. The van der Waals surface area contributed by atoms with Gasteiger partial charge in [0.25, 0.3) is 5.91 Å². The first-order chi connectivity index (χ1) is 14.6. The smallest absolute Gasteiger partial charge is 0.255 e. The maximum Gasteiger partial charge on any atom is 0.255 e. The van der Waals surface area contributed by atoms with Crippen LogP contribution in [0.3, 0.4) is 0 Å². The summed E-state index contributed by atoms with van der Waals surface area (Å²) in [5.41, 5.74) is 5.22. The number of rotatable bonds is 6. The number of hydrogen-bond donors (Lipinski definition) is 1. The number of anilines is 2. The molecule has 0 heterocycles. The Morgan fingerprint density at radius 2 is 1.68 bits per heavy atom. The van der Waals surface area contributed by atoms with Gasteiger partial charge in [0.15, 0.2) is 0 Å². The first-order valence-electron chi connectivity index (χ1n) is 9.76. The van der Waals surface area contributed by atoms with E-state index in [2.05, 4.69) is 5.32 Å². The van der Waals surface area contributed by atoms with E-state index in [0.29, 0.717) is 22.0 Å². The lowest BCUT2D eigenvalue weighted by atomic mass is 10.1. The molecule has 0 saturated carbocycles. The quantitative estimate of drug-likeness (QED) is 0.533. The zero-order valence-electron chi connectivity index (χ0n) is 17.9. The van der Waals surface area contributed by atoms with Crippen LogP contribution in [-0.4, -0.2) is 20.6 Å². The summed E-state index contributed by atoms with van der Waals surface area (Å²) in [7, 11) is -3.49. The number of benzene rings is 3. The molecular formula is C24H25ClN2O3S. The molecule has 0 fully saturated rings. The van der Waals surface area contributed by atoms with Crippen molar-refractivity contribution in [1.82, 2.24) is 0 Å². The Morgan fingerprint density at radius 1 is 1.00 bits per heavy atom. The Kier molecular flexibility index (Phi) is 6.72. The van der Waals surface area contributed by atoms with Gasteiger partial charge in [-0.05, 0) is 73.4 Å². The van der Waals surface area contributed by atoms with Gasteiger partial charge in [-0.15, -0.1) is 0 Å². The van der Waals surface area contributed by atoms with E-state index in [9.17, 15) is 13.2 Å². The molecule has 0 aromatic heterocycles. The minimum absolute atomic E-state index is 0.179. The number of sulfonamides is 1. The molecule has 0 aliphatic carbocycles. The van der Waals surface area contributed by atoms with Gasteiger partial charge in [0.2, 0.25) is 10.0 Å². The minimum atomic E-state index is -3.49. The van der Waals surface area contributed by atoms with Crippen molar-refractivity contribution >= 4 is 38.9 Å². The molecule has 0 bridgehead atoms. The molecule has 3 aromatic rings. The number of nitrogens with zero attached hydrogens (tertiary/aromatic N) is 1. The van der Waals surface area contributed by atoms with Gasteiger partial charge in [-0.2, -0.15) is 0 Å². The van der Waals surface area contributed by atoms with Crippen LogP contribution in [0.1, 0.15) is 32.6 Å². The van der Waals surface area contributed by atoms with Gasteiger partial charge in [-0.3, -0.25) is 9.10 Å². The molecule has 1 N–H and O–H groups in total. The number of amides is 1. The van der Waals surface area contributed by atoms with E-state index in [-0.39, 0.29) is 12.5 Å². The van der Waals surface area contributed by atoms with E-state index >= 15 is 0 Å². The summed E-state index contributed by atoms with van der Waals surface area (Å²) in [6.45, 7) is 5.84. The Hall–Kier alpha value is -2.83. The van der Waals surface area contributed by atoms with E-state index in [1.807, 2.05) is 39.0 Å². The Morgan fingerprint density at radius 3 is 2.32 bits per heavy atom. The molecule has 0 spiro atoms. The molecule has 0 aliphatic heterocycles. The van der Waals surface area contributed by atoms with Gasteiger partial charge in [-0.1, -0.05) is 41.9 Å². The fourth-order valence-electron chi connectivity index (χ4n) is 3.23. The number of aryl methyl sites for hydroxylation is 2. The molecule has 5 nitrogen and oxygen atoms in total. The van der Waals surface area contributed by atoms with Gasteiger partial charge in [0.1, 0.15) is 0 Å². The van der Waals surface area contributed by atoms with Crippen LogP contribution in [-0.2, 0) is 16.6 Å². The molecule has 0 unspecified atom stereocenters. The van der Waals surface area contributed by atoms with Crippen molar-refractivity contribution in [3.63, 3.8) is 0 Å². The lowest BCUT2D eigenvalue weighted by Gasteiger charge is -2.25. The van der Waals surface area contributed by atoms with Gasteiger partial charge < -0.3 is 5.32 Å². The van der Waals surface area contributed by atoms with Crippen molar-refractivity contribution in [3.8, 4) is 0 Å². The first kappa shape index (κ1) is 22.8. The van der Waals surface area contributed by atoms with Crippen molar-refractivity contribution < 1.29 is 13.2 Å². The average molecular weight is 457 g/mol. The zero-order chi connectivity index (χ0) is 22.8. The topological polar surface area (TPSA) is 66.5 Å². The van der Waals surface area contributed by atoms with Crippen molar-refractivity contribution in [1.29, 1.82) is 0 Å². The molecule has 1 amide bonds. The third-order valence-corrected chi connectivity index (χ3v) is 6.63. The van der Waals surface area contributed by atoms with Crippen molar-refractivity contribution in [2.75, 3.05) is 15.9 Å². The standard InChI is InChI=1S/C24H25ClN2O3S/c1-16-8-9-17(2)23(14-16)27(31(4,29)30)15-19-10-12-20(13-11-19)24(28)26-22-7-5-6-21(25)18(22)3/h5-14H,15H2,1-4H3,(H,26,28). The van der Waals surface area contributed by atoms with Gasteiger partial charge in [0.05, 0.1) is 18.5 Å². The fourth-order valence-corrected chi connectivity index (χ4v) is 4.35. The largest absolute Gasteiger partial charge is 0.322 e. The number of halogens is 1. The van der Waals surface area contributed by atoms with E-state index in [1.54, 1.807) is 42.5 Å². The third kappa shape index (κ3) is 5.46. The van der Waals surface area contributed by atoms with Gasteiger partial charge in [0, 0.05) is 16.3 Å². The Balaban J connectivity index is 1.82. The summed E-state index contributed by atoms with van der Waals surface area (Å²) < 4.78 is 26.4. The molecule has 0 aliphatic rings. The van der Waals surface area contributed by atoms with Crippen LogP contribution in [0.2, 0.25) is 5.02 Å². The molecular weight excluding hydrogens is 432 g/mol. The second-order valence-electron chi connectivity index (χ2n) is 7.62. The van der Waals surface area contributed by atoms with Crippen LogP contribution < -0.4 is 9.62 Å².